The molecule has 0 fully saturated rings. The Morgan fingerprint density at radius 2 is 2.11 bits per heavy atom. The van der Waals surface area contributed by atoms with Crippen LogP contribution in [-0.2, 0) is 9.53 Å². The van der Waals surface area contributed by atoms with Crippen molar-refractivity contribution in [1.29, 1.82) is 0 Å². The minimum Gasteiger partial charge on any atom is -0.465 e. The predicted octanol–water partition coefficient (Wildman–Crippen LogP) is 0.779. The quantitative estimate of drug-likeness (QED) is 0.367. The van der Waals surface area contributed by atoms with E-state index in [-0.39, 0.29) is 11.7 Å². The van der Waals surface area contributed by atoms with Crippen molar-refractivity contribution >= 4 is 31.2 Å². The molecule has 0 unspecified atom stereocenters. The van der Waals surface area contributed by atoms with Crippen molar-refractivity contribution in [2.24, 2.45) is 0 Å². The maximum Gasteiger partial charge on any atom is 0.315 e. The van der Waals surface area contributed by atoms with Gasteiger partial charge in [-0.05, 0) is 12.2 Å². The van der Waals surface area contributed by atoms with E-state index in [0.717, 1.165) is 12.2 Å². The van der Waals surface area contributed by atoms with Crippen molar-refractivity contribution in [2.45, 2.75) is 6.42 Å². The lowest BCUT2D eigenvalue weighted by atomic mass is 10.5. The minimum absolute atomic E-state index is 0.159. The highest BCUT2D eigenvalue weighted by atomic mass is 32.1. The van der Waals surface area contributed by atoms with Crippen molar-refractivity contribution in [2.75, 3.05) is 18.1 Å². The van der Waals surface area contributed by atoms with Gasteiger partial charge < -0.3 is 4.74 Å². The zero-order chi connectivity index (χ0) is 7.11. The van der Waals surface area contributed by atoms with Crippen LogP contribution in [-0.4, -0.2) is 24.1 Å². The van der Waals surface area contributed by atoms with Crippen LogP contribution < -0.4 is 0 Å². The lowest BCUT2D eigenvalue weighted by molar-refractivity contribution is -0.140. The summed E-state index contributed by atoms with van der Waals surface area (Å²) in [6, 6.07) is 0. The first-order chi connectivity index (χ1) is 4.31. The van der Waals surface area contributed by atoms with Crippen LogP contribution in [0.5, 0.6) is 0 Å². The monoisotopic (exact) mass is 166 g/mol. The van der Waals surface area contributed by atoms with Crippen molar-refractivity contribution in [3.63, 3.8) is 0 Å². The van der Waals surface area contributed by atoms with E-state index < -0.39 is 0 Å². The van der Waals surface area contributed by atoms with Crippen molar-refractivity contribution in [3.8, 4) is 0 Å². The van der Waals surface area contributed by atoms with Gasteiger partial charge in [-0.2, -0.15) is 25.3 Å². The van der Waals surface area contributed by atoms with Crippen LogP contribution >= 0.6 is 25.3 Å². The third kappa shape index (κ3) is 6.05. The normalized spacial score (nSPS) is 9.11. The third-order valence-electron chi connectivity index (χ3n) is 0.695. The molecule has 0 aliphatic rings. The number of esters is 1. The van der Waals surface area contributed by atoms with Crippen LogP contribution in [0.2, 0.25) is 0 Å². The summed E-state index contributed by atoms with van der Waals surface area (Å²) >= 11 is 7.67. The first-order valence-corrected chi connectivity index (χ1v) is 3.95. The molecule has 0 atom stereocenters. The van der Waals surface area contributed by atoms with Crippen LogP contribution in [0.15, 0.2) is 0 Å². The number of thiol groups is 2. The number of hydrogen-bond acceptors (Lipinski definition) is 4. The van der Waals surface area contributed by atoms with Gasteiger partial charge in [0.2, 0.25) is 0 Å². The van der Waals surface area contributed by atoms with E-state index in [2.05, 4.69) is 30.0 Å². The molecule has 0 aromatic heterocycles. The fourth-order valence-electron chi connectivity index (χ4n) is 0.296. The van der Waals surface area contributed by atoms with E-state index in [1.807, 2.05) is 0 Å². The summed E-state index contributed by atoms with van der Waals surface area (Å²) < 4.78 is 4.67. The molecule has 54 valence electrons. The summed E-state index contributed by atoms with van der Waals surface area (Å²) in [6.07, 6.45) is 0.808. The van der Waals surface area contributed by atoms with Gasteiger partial charge in [0.1, 0.15) is 0 Å². The van der Waals surface area contributed by atoms with Crippen LogP contribution in [0.4, 0.5) is 0 Å². The molecule has 0 aliphatic carbocycles. The molecule has 0 spiro atoms. The maximum atomic E-state index is 10.4. The SMILES string of the molecule is O=C(CS)OCCCS. The summed E-state index contributed by atoms with van der Waals surface area (Å²) in [5, 5.41) is 0. The van der Waals surface area contributed by atoms with Gasteiger partial charge in [-0.25, -0.2) is 0 Å². The molecule has 0 aromatic rings. The summed E-state index contributed by atoms with van der Waals surface area (Å²) in [4.78, 5) is 10.4. The van der Waals surface area contributed by atoms with Crippen LogP contribution in [0.3, 0.4) is 0 Å². The fraction of sp³-hybridized carbons (Fsp3) is 0.800. The van der Waals surface area contributed by atoms with E-state index in [1.54, 1.807) is 0 Å². The van der Waals surface area contributed by atoms with Gasteiger partial charge in [0, 0.05) is 0 Å². The molecule has 2 nitrogen and oxygen atoms in total. The Hall–Kier alpha value is 0.170. The van der Waals surface area contributed by atoms with Crippen molar-refractivity contribution in [3.05, 3.63) is 0 Å². The average molecular weight is 166 g/mol. The molecule has 0 radical (unpaired) electrons. The summed E-state index contributed by atoms with van der Waals surface area (Å²) in [5.41, 5.74) is 0. The van der Waals surface area contributed by atoms with Gasteiger partial charge in [-0.15, -0.1) is 0 Å². The van der Waals surface area contributed by atoms with Crippen molar-refractivity contribution in [1.82, 2.24) is 0 Å². The third-order valence-corrected chi connectivity index (χ3v) is 1.27. The molecule has 0 saturated carbocycles. The van der Waals surface area contributed by atoms with E-state index in [4.69, 9.17) is 0 Å². The van der Waals surface area contributed by atoms with Gasteiger partial charge in [-0.3, -0.25) is 4.79 Å². The lowest BCUT2D eigenvalue weighted by Gasteiger charge is -1.98. The molecular formula is C5H10O2S2. The fourth-order valence-corrected chi connectivity index (χ4v) is 0.517. The average Bonchev–Trinajstić information content (AvgIpc) is 1.89. The van der Waals surface area contributed by atoms with Gasteiger partial charge >= 0.3 is 5.97 Å². The van der Waals surface area contributed by atoms with E-state index in [9.17, 15) is 4.79 Å². The molecule has 9 heavy (non-hydrogen) atoms. The smallest absolute Gasteiger partial charge is 0.315 e. The zero-order valence-corrected chi connectivity index (χ0v) is 6.83. The maximum absolute atomic E-state index is 10.4. The Kier molecular flexibility index (Phi) is 6.41. The Bertz CT molecular complexity index is 85.0. The molecule has 0 aliphatic heterocycles. The highest BCUT2D eigenvalue weighted by Gasteiger charge is 1.95. The summed E-state index contributed by atoms with van der Waals surface area (Å²) in [6.45, 7) is 0.461. The molecule has 4 heteroatoms. The van der Waals surface area contributed by atoms with E-state index in [0.29, 0.717) is 6.61 Å². The van der Waals surface area contributed by atoms with E-state index in [1.165, 1.54) is 0 Å². The predicted molar refractivity (Wildman–Crippen MR) is 43.3 cm³/mol. The minimum atomic E-state index is -0.264. The standard InChI is InChI=1S/C5H10O2S2/c6-5(4-9)7-2-1-3-8/h8-9H,1-4H2. The highest BCUT2D eigenvalue weighted by Crippen LogP contribution is 1.87. The second-order valence-electron chi connectivity index (χ2n) is 1.46. The number of hydrogen-bond donors (Lipinski definition) is 2. The Morgan fingerprint density at radius 1 is 1.44 bits per heavy atom. The summed E-state index contributed by atoms with van der Waals surface area (Å²) in [7, 11) is 0. The van der Waals surface area contributed by atoms with E-state index >= 15 is 0 Å². The Morgan fingerprint density at radius 3 is 2.56 bits per heavy atom. The van der Waals surface area contributed by atoms with Crippen LogP contribution in [0, 0.1) is 0 Å². The topological polar surface area (TPSA) is 26.3 Å². The molecule has 0 aromatic carbocycles. The van der Waals surface area contributed by atoms with Crippen molar-refractivity contribution < 1.29 is 9.53 Å². The number of rotatable bonds is 4. The largest absolute Gasteiger partial charge is 0.465 e. The Labute approximate surface area is 65.8 Å². The first-order valence-electron chi connectivity index (χ1n) is 2.68. The second-order valence-corrected chi connectivity index (χ2v) is 2.22. The van der Waals surface area contributed by atoms with Gasteiger partial charge in [0.15, 0.2) is 0 Å². The first kappa shape index (κ1) is 9.17. The number of ether oxygens (including phenoxy) is 1. The molecule has 0 heterocycles. The molecular weight excluding hydrogens is 156 g/mol. The van der Waals surface area contributed by atoms with Crippen LogP contribution in [0.25, 0.3) is 0 Å². The molecule has 0 N–H and O–H groups in total. The van der Waals surface area contributed by atoms with Gasteiger partial charge in [-0.1, -0.05) is 0 Å². The number of carbonyl (C=O) groups excluding carboxylic acids is 1. The number of carbonyl (C=O) groups is 1. The van der Waals surface area contributed by atoms with Gasteiger partial charge in [0.25, 0.3) is 0 Å². The molecule has 0 amide bonds. The molecule has 0 bridgehead atoms. The Balaban J connectivity index is 2.97. The second kappa shape index (κ2) is 6.29. The van der Waals surface area contributed by atoms with Gasteiger partial charge in [0.05, 0.1) is 12.4 Å². The zero-order valence-electron chi connectivity index (χ0n) is 5.04. The molecule has 0 saturated heterocycles. The highest BCUT2D eigenvalue weighted by molar-refractivity contribution is 7.81. The lowest BCUT2D eigenvalue weighted by Crippen LogP contribution is -2.06. The van der Waals surface area contributed by atoms with Crippen LogP contribution in [0.1, 0.15) is 6.42 Å². The molecule has 0 rings (SSSR count). The summed E-state index contributed by atoms with van der Waals surface area (Å²) in [5.74, 6) is 0.645.